The standard InChI is InChI=1S/C16H19NO3/c1-17(11-6-8-12(18)9-7-11)16(19)14-10-20-15-5-3-2-4-13(14)15/h2-5,11,14H,6-10H2,1H3. The second kappa shape index (κ2) is 5.27. The van der Waals surface area contributed by atoms with Gasteiger partial charge in [0.15, 0.2) is 0 Å². The van der Waals surface area contributed by atoms with E-state index in [2.05, 4.69) is 0 Å². The highest BCUT2D eigenvalue weighted by Gasteiger charge is 2.35. The molecular formula is C16H19NO3. The summed E-state index contributed by atoms with van der Waals surface area (Å²) in [6.45, 7) is 0.425. The van der Waals surface area contributed by atoms with Crippen molar-refractivity contribution in [1.29, 1.82) is 0 Å². The predicted molar refractivity (Wildman–Crippen MR) is 74.7 cm³/mol. The van der Waals surface area contributed by atoms with E-state index >= 15 is 0 Å². The Balaban J connectivity index is 1.72. The number of nitrogens with zero attached hydrogens (tertiary/aromatic N) is 1. The molecule has 0 bridgehead atoms. The molecule has 0 aromatic heterocycles. The van der Waals surface area contributed by atoms with Crippen LogP contribution in [-0.2, 0) is 9.59 Å². The number of Topliss-reactive ketones (excluding diaryl/α,β-unsaturated/α-hetero) is 1. The number of ether oxygens (including phenoxy) is 1. The lowest BCUT2D eigenvalue weighted by Gasteiger charge is -2.32. The van der Waals surface area contributed by atoms with Crippen molar-refractivity contribution in [3.8, 4) is 5.75 Å². The van der Waals surface area contributed by atoms with Gasteiger partial charge < -0.3 is 9.64 Å². The average Bonchev–Trinajstić information content (AvgIpc) is 2.90. The lowest BCUT2D eigenvalue weighted by Crippen LogP contribution is -2.42. The number of carbonyl (C=O) groups excluding carboxylic acids is 2. The minimum Gasteiger partial charge on any atom is -0.492 e. The fraction of sp³-hybridized carbons (Fsp3) is 0.500. The monoisotopic (exact) mass is 273 g/mol. The number of hydrogen-bond donors (Lipinski definition) is 0. The van der Waals surface area contributed by atoms with E-state index in [1.807, 2.05) is 36.2 Å². The summed E-state index contributed by atoms with van der Waals surface area (Å²) in [5, 5.41) is 0. The van der Waals surface area contributed by atoms with Gasteiger partial charge in [0.1, 0.15) is 24.1 Å². The van der Waals surface area contributed by atoms with E-state index in [1.165, 1.54) is 0 Å². The molecule has 0 spiro atoms. The van der Waals surface area contributed by atoms with Crippen molar-refractivity contribution < 1.29 is 14.3 Å². The van der Waals surface area contributed by atoms with Gasteiger partial charge in [-0.3, -0.25) is 9.59 Å². The number of amides is 1. The molecule has 1 unspecified atom stereocenters. The summed E-state index contributed by atoms with van der Waals surface area (Å²) < 4.78 is 5.59. The van der Waals surface area contributed by atoms with E-state index in [0.717, 1.165) is 24.2 Å². The van der Waals surface area contributed by atoms with E-state index < -0.39 is 0 Å². The Hall–Kier alpha value is -1.84. The van der Waals surface area contributed by atoms with Crippen molar-refractivity contribution in [3.05, 3.63) is 29.8 Å². The van der Waals surface area contributed by atoms with Gasteiger partial charge in [-0.15, -0.1) is 0 Å². The normalized spacial score (nSPS) is 22.2. The summed E-state index contributed by atoms with van der Waals surface area (Å²) in [7, 11) is 1.85. The van der Waals surface area contributed by atoms with Crippen LogP contribution < -0.4 is 4.74 Å². The molecule has 20 heavy (non-hydrogen) atoms. The van der Waals surface area contributed by atoms with Crippen LogP contribution >= 0.6 is 0 Å². The minimum absolute atomic E-state index is 0.106. The highest BCUT2D eigenvalue weighted by atomic mass is 16.5. The molecule has 2 aliphatic rings. The Bertz CT molecular complexity index is 530. The van der Waals surface area contributed by atoms with Crippen LogP contribution in [0, 0.1) is 0 Å². The molecule has 1 aromatic carbocycles. The molecule has 0 radical (unpaired) electrons. The molecule has 0 saturated heterocycles. The van der Waals surface area contributed by atoms with E-state index in [1.54, 1.807) is 0 Å². The summed E-state index contributed by atoms with van der Waals surface area (Å²) in [4.78, 5) is 25.8. The molecule has 3 rings (SSSR count). The lowest BCUT2D eigenvalue weighted by molar-refractivity contribution is -0.136. The van der Waals surface area contributed by atoms with Gasteiger partial charge in [0, 0.05) is 31.5 Å². The van der Waals surface area contributed by atoms with Gasteiger partial charge in [0.2, 0.25) is 5.91 Å². The molecule has 1 fully saturated rings. The molecule has 0 N–H and O–H groups in total. The van der Waals surface area contributed by atoms with Crippen LogP contribution in [0.1, 0.15) is 37.2 Å². The maximum Gasteiger partial charge on any atom is 0.233 e. The first-order valence-electron chi connectivity index (χ1n) is 7.17. The van der Waals surface area contributed by atoms with Crippen molar-refractivity contribution in [1.82, 2.24) is 4.90 Å². The SMILES string of the molecule is CN(C(=O)C1COc2ccccc21)C1CCC(=O)CC1. The fourth-order valence-electron chi connectivity index (χ4n) is 3.10. The summed E-state index contributed by atoms with van der Waals surface area (Å²) in [6.07, 6.45) is 2.77. The van der Waals surface area contributed by atoms with E-state index in [0.29, 0.717) is 25.2 Å². The zero-order valence-electron chi connectivity index (χ0n) is 11.7. The van der Waals surface area contributed by atoms with Gasteiger partial charge in [-0.25, -0.2) is 0 Å². The number of likely N-dealkylation sites (N-methyl/N-ethyl adjacent to an activating group) is 1. The third kappa shape index (κ3) is 2.30. The predicted octanol–water partition coefficient (Wildman–Crippen LogP) is 2.13. The number of para-hydroxylation sites is 1. The third-order valence-electron chi connectivity index (χ3n) is 4.41. The molecule has 4 heteroatoms. The van der Waals surface area contributed by atoms with Gasteiger partial charge in [-0.1, -0.05) is 18.2 Å². The Morgan fingerprint density at radius 3 is 2.70 bits per heavy atom. The summed E-state index contributed by atoms with van der Waals surface area (Å²) in [5.74, 6) is 1.04. The third-order valence-corrected chi connectivity index (χ3v) is 4.41. The maximum atomic E-state index is 12.6. The molecule has 4 nitrogen and oxygen atoms in total. The average molecular weight is 273 g/mol. The van der Waals surface area contributed by atoms with Crippen molar-refractivity contribution in [3.63, 3.8) is 0 Å². The second-order valence-electron chi connectivity index (χ2n) is 5.62. The Kier molecular flexibility index (Phi) is 3.47. The van der Waals surface area contributed by atoms with Crippen molar-refractivity contribution in [2.45, 2.75) is 37.6 Å². The molecule has 1 saturated carbocycles. The lowest BCUT2D eigenvalue weighted by atomic mass is 9.92. The van der Waals surface area contributed by atoms with Crippen molar-refractivity contribution >= 4 is 11.7 Å². The van der Waals surface area contributed by atoms with E-state index in [-0.39, 0.29) is 17.9 Å². The topological polar surface area (TPSA) is 46.6 Å². The van der Waals surface area contributed by atoms with Gasteiger partial charge in [0.25, 0.3) is 0 Å². The first-order valence-corrected chi connectivity index (χ1v) is 7.17. The number of benzene rings is 1. The number of ketones is 1. The molecule has 106 valence electrons. The first kappa shape index (κ1) is 13.2. The molecule has 1 atom stereocenters. The van der Waals surface area contributed by atoms with E-state index in [4.69, 9.17) is 4.74 Å². The molecule has 1 amide bonds. The molecule has 1 aromatic rings. The number of hydrogen-bond acceptors (Lipinski definition) is 3. The van der Waals surface area contributed by atoms with E-state index in [9.17, 15) is 9.59 Å². The molecule has 1 aliphatic heterocycles. The fourth-order valence-corrected chi connectivity index (χ4v) is 3.10. The minimum atomic E-state index is -0.200. The zero-order valence-corrected chi connectivity index (χ0v) is 11.7. The largest absolute Gasteiger partial charge is 0.492 e. The summed E-state index contributed by atoms with van der Waals surface area (Å²) in [5.41, 5.74) is 0.983. The van der Waals surface area contributed by atoms with Crippen LogP contribution in [0.3, 0.4) is 0 Å². The molecule has 1 heterocycles. The van der Waals surface area contributed by atoms with Gasteiger partial charge in [0.05, 0.1) is 0 Å². The van der Waals surface area contributed by atoms with Crippen LogP contribution in [-0.4, -0.2) is 36.3 Å². The highest BCUT2D eigenvalue weighted by molar-refractivity contribution is 5.86. The van der Waals surface area contributed by atoms with Crippen LogP contribution in [0.25, 0.3) is 0 Å². The highest BCUT2D eigenvalue weighted by Crippen LogP contribution is 2.35. The molecular weight excluding hydrogens is 254 g/mol. The molecule has 1 aliphatic carbocycles. The number of fused-ring (bicyclic) bond motifs is 1. The van der Waals surface area contributed by atoms with Gasteiger partial charge in [-0.05, 0) is 18.9 Å². The van der Waals surface area contributed by atoms with Crippen LogP contribution in [0.5, 0.6) is 5.75 Å². The first-order chi connectivity index (χ1) is 9.66. The summed E-state index contributed by atoms with van der Waals surface area (Å²) in [6, 6.07) is 7.91. The Labute approximate surface area is 118 Å². The number of carbonyl (C=O) groups is 2. The summed E-state index contributed by atoms with van der Waals surface area (Å²) >= 11 is 0. The van der Waals surface area contributed by atoms with Gasteiger partial charge >= 0.3 is 0 Å². The Morgan fingerprint density at radius 1 is 1.25 bits per heavy atom. The van der Waals surface area contributed by atoms with Gasteiger partial charge in [-0.2, -0.15) is 0 Å². The van der Waals surface area contributed by atoms with Crippen molar-refractivity contribution in [2.75, 3.05) is 13.7 Å². The van der Waals surface area contributed by atoms with Crippen LogP contribution in [0.2, 0.25) is 0 Å². The smallest absolute Gasteiger partial charge is 0.233 e. The maximum absolute atomic E-state index is 12.6. The second-order valence-corrected chi connectivity index (χ2v) is 5.62. The van der Waals surface area contributed by atoms with Crippen LogP contribution in [0.4, 0.5) is 0 Å². The van der Waals surface area contributed by atoms with Crippen LogP contribution in [0.15, 0.2) is 24.3 Å². The van der Waals surface area contributed by atoms with Crippen molar-refractivity contribution in [2.24, 2.45) is 0 Å². The zero-order chi connectivity index (χ0) is 14.1. The Morgan fingerprint density at radius 2 is 1.95 bits per heavy atom. The number of rotatable bonds is 2. The quantitative estimate of drug-likeness (QED) is 0.829.